The predicted molar refractivity (Wildman–Crippen MR) is 99.3 cm³/mol. The van der Waals surface area contributed by atoms with Crippen molar-refractivity contribution in [3.05, 3.63) is 69.2 Å². The van der Waals surface area contributed by atoms with Gasteiger partial charge in [0.05, 0.1) is 0 Å². The molecule has 2 aromatic rings. The summed E-state index contributed by atoms with van der Waals surface area (Å²) in [5.74, 6) is -0.184. The zero-order valence-corrected chi connectivity index (χ0v) is 14.7. The van der Waals surface area contributed by atoms with Crippen molar-refractivity contribution in [1.82, 2.24) is 0 Å². The zero-order valence-electron chi connectivity index (χ0n) is 13.2. The molecule has 0 aliphatic carbocycles. The summed E-state index contributed by atoms with van der Waals surface area (Å²) in [7, 11) is 0. The molecule has 0 saturated carbocycles. The van der Waals surface area contributed by atoms with Crippen LogP contribution in [-0.2, 0) is 17.6 Å². The van der Waals surface area contributed by atoms with Crippen LogP contribution in [0.1, 0.15) is 30.5 Å². The number of carbonyl (C=O) groups is 1. The number of halogens is 2. The average Bonchev–Trinajstić information content (AvgIpc) is 2.53. The Morgan fingerprint density at radius 3 is 2.57 bits per heavy atom. The van der Waals surface area contributed by atoms with E-state index in [9.17, 15) is 4.79 Å². The van der Waals surface area contributed by atoms with Crippen molar-refractivity contribution in [2.45, 2.75) is 26.7 Å². The summed E-state index contributed by atoms with van der Waals surface area (Å²) in [4.78, 5) is 12.2. The fraction of sp³-hybridized carbons (Fsp3) is 0.211. The van der Waals surface area contributed by atoms with Crippen molar-refractivity contribution in [3.63, 3.8) is 0 Å². The van der Waals surface area contributed by atoms with Gasteiger partial charge < -0.3 is 5.32 Å². The maximum absolute atomic E-state index is 12.2. The fourth-order valence-electron chi connectivity index (χ4n) is 2.41. The molecule has 0 atom stereocenters. The molecular weight excluding hydrogens is 329 g/mol. The van der Waals surface area contributed by atoms with Crippen molar-refractivity contribution >= 4 is 40.9 Å². The molecule has 0 radical (unpaired) electrons. The molecular formula is C19H19Cl2NO. The monoisotopic (exact) mass is 347 g/mol. The van der Waals surface area contributed by atoms with E-state index in [1.807, 2.05) is 31.2 Å². The van der Waals surface area contributed by atoms with Gasteiger partial charge in [0.1, 0.15) is 0 Å². The van der Waals surface area contributed by atoms with Crippen molar-refractivity contribution in [3.8, 4) is 0 Å². The Bertz CT molecular complexity index is 738. The van der Waals surface area contributed by atoms with Gasteiger partial charge in [-0.2, -0.15) is 0 Å². The first kappa shape index (κ1) is 17.6. The highest BCUT2D eigenvalue weighted by Crippen LogP contribution is 2.29. The van der Waals surface area contributed by atoms with Crippen LogP contribution in [0.3, 0.4) is 0 Å². The Labute approximate surface area is 147 Å². The number of benzene rings is 2. The van der Waals surface area contributed by atoms with Crippen LogP contribution in [0.15, 0.2) is 42.5 Å². The summed E-state index contributed by atoms with van der Waals surface area (Å²) in [6.07, 6.45) is 4.84. The topological polar surface area (TPSA) is 29.1 Å². The van der Waals surface area contributed by atoms with Crippen LogP contribution in [-0.4, -0.2) is 5.91 Å². The van der Waals surface area contributed by atoms with E-state index in [1.165, 1.54) is 6.08 Å². The van der Waals surface area contributed by atoms with Gasteiger partial charge in [0, 0.05) is 21.8 Å². The number of anilines is 1. The lowest BCUT2D eigenvalue weighted by Gasteiger charge is -2.15. The highest BCUT2D eigenvalue weighted by molar-refractivity contribution is 6.32. The van der Waals surface area contributed by atoms with Gasteiger partial charge in [-0.1, -0.05) is 55.2 Å². The molecule has 1 amide bonds. The van der Waals surface area contributed by atoms with Crippen molar-refractivity contribution in [2.75, 3.05) is 5.32 Å². The Hall–Kier alpha value is -1.77. The lowest BCUT2D eigenvalue weighted by atomic mass is 10.0. The van der Waals surface area contributed by atoms with E-state index >= 15 is 0 Å². The summed E-state index contributed by atoms with van der Waals surface area (Å²) >= 11 is 12.2. The summed E-state index contributed by atoms with van der Waals surface area (Å²) < 4.78 is 0. The average molecular weight is 348 g/mol. The van der Waals surface area contributed by atoms with E-state index in [0.29, 0.717) is 10.0 Å². The van der Waals surface area contributed by atoms with Gasteiger partial charge in [0.2, 0.25) is 5.91 Å². The van der Waals surface area contributed by atoms with E-state index in [0.717, 1.165) is 35.2 Å². The molecule has 0 heterocycles. The maximum Gasteiger partial charge on any atom is 0.248 e. The van der Waals surface area contributed by atoms with Crippen LogP contribution in [0.25, 0.3) is 6.08 Å². The van der Waals surface area contributed by atoms with Crippen LogP contribution in [0.2, 0.25) is 10.0 Å². The molecule has 2 rings (SSSR count). The lowest BCUT2D eigenvalue weighted by Crippen LogP contribution is -2.12. The van der Waals surface area contributed by atoms with Crippen molar-refractivity contribution in [1.29, 1.82) is 0 Å². The first-order valence-electron chi connectivity index (χ1n) is 7.60. The van der Waals surface area contributed by atoms with Crippen LogP contribution in [0.5, 0.6) is 0 Å². The molecule has 0 unspecified atom stereocenters. The third-order valence-electron chi connectivity index (χ3n) is 3.60. The van der Waals surface area contributed by atoms with Gasteiger partial charge in [-0.25, -0.2) is 0 Å². The number of aryl methyl sites for hydroxylation is 1. The second kappa shape index (κ2) is 8.19. The van der Waals surface area contributed by atoms with Gasteiger partial charge >= 0.3 is 0 Å². The maximum atomic E-state index is 12.2. The third-order valence-corrected chi connectivity index (χ3v) is 4.19. The number of hydrogen-bond acceptors (Lipinski definition) is 1. The van der Waals surface area contributed by atoms with Crippen LogP contribution < -0.4 is 5.32 Å². The Morgan fingerprint density at radius 1 is 1.13 bits per heavy atom. The Morgan fingerprint density at radius 2 is 1.91 bits per heavy atom. The number of amides is 1. The van der Waals surface area contributed by atoms with E-state index in [-0.39, 0.29) is 5.91 Å². The van der Waals surface area contributed by atoms with Gasteiger partial charge in [0.15, 0.2) is 0 Å². The molecule has 0 bridgehead atoms. The number of hydrogen-bond donors (Lipinski definition) is 1. The zero-order chi connectivity index (χ0) is 16.8. The van der Waals surface area contributed by atoms with Gasteiger partial charge in [-0.15, -0.1) is 0 Å². The SMILES string of the molecule is CCc1ccc(Cl)c(CC)c1NC(=O)/C=C/c1cccc(Cl)c1. The molecule has 4 heteroatoms. The third kappa shape index (κ3) is 4.60. The van der Waals surface area contributed by atoms with Crippen LogP contribution >= 0.6 is 23.2 Å². The van der Waals surface area contributed by atoms with E-state index in [2.05, 4.69) is 12.2 Å². The summed E-state index contributed by atoms with van der Waals surface area (Å²) in [5.41, 5.74) is 3.75. The molecule has 120 valence electrons. The van der Waals surface area contributed by atoms with E-state index < -0.39 is 0 Å². The lowest BCUT2D eigenvalue weighted by molar-refractivity contribution is -0.111. The van der Waals surface area contributed by atoms with Gasteiger partial charge in [0.25, 0.3) is 0 Å². The molecule has 0 aliphatic rings. The van der Waals surface area contributed by atoms with Crippen LogP contribution in [0.4, 0.5) is 5.69 Å². The minimum Gasteiger partial charge on any atom is -0.322 e. The molecule has 2 nitrogen and oxygen atoms in total. The standard InChI is InChI=1S/C19H19Cl2NO/c1-3-14-9-10-17(21)16(4-2)19(14)22-18(23)11-8-13-6-5-7-15(20)12-13/h5-12H,3-4H2,1-2H3,(H,22,23)/b11-8+. The second-order valence-electron chi connectivity index (χ2n) is 5.14. The number of carbonyl (C=O) groups excluding carboxylic acids is 1. The molecule has 0 aliphatic heterocycles. The Balaban J connectivity index is 2.21. The summed E-state index contributed by atoms with van der Waals surface area (Å²) in [5, 5.41) is 4.29. The molecule has 23 heavy (non-hydrogen) atoms. The predicted octanol–water partition coefficient (Wildman–Crippen LogP) is 5.77. The normalized spacial score (nSPS) is 11.0. The Kier molecular flexibility index (Phi) is 6.26. The minimum atomic E-state index is -0.184. The van der Waals surface area contributed by atoms with Gasteiger partial charge in [-0.3, -0.25) is 4.79 Å². The summed E-state index contributed by atoms with van der Waals surface area (Å²) in [6, 6.07) is 11.2. The van der Waals surface area contributed by atoms with E-state index in [1.54, 1.807) is 18.2 Å². The second-order valence-corrected chi connectivity index (χ2v) is 5.99. The first-order chi connectivity index (χ1) is 11.0. The fourth-order valence-corrected chi connectivity index (χ4v) is 2.90. The van der Waals surface area contributed by atoms with Gasteiger partial charge in [-0.05, 0) is 53.8 Å². The highest BCUT2D eigenvalue weighted by atomic mass is 35.5. The summed E-state index contributed by atoms with van der Waals surface area (Å²) in [6.45, 7) is 4.08. The largest absolute Gasteiger partial charge is 0.322 e. The molecule has 1 N–H and O–H groups in total. The molecule has 2 aromatic carbocycles. The van der Waals surface area contributed by atoms with Crippen molar-refractivity contribution < 1.29 is 4.79 Å². The first-order valence-corrected chi connectivity index (χ1v) is 8.35. The smallest absolute Gasteiger partial charge is 0.248 e. The number of rotatable bonds is 5. The van der Waals surface area contributed by atoms with Crippen molar-refractivity contribution in [2.24, 2.45) is 0 Å². The molecule has 0 saturated heterocycles. The quantitative estimate of drug-likeness (QED) is 0.683. The minimum absolute atomic E-state index is 0.184. The highest BCUT2D eigenvalue weighted by Gasteiger charge is 2.11. The molecule has 0 fully saturated rings. The van der Waals surface area contributed by atoms with Crippen LogP contribution in [0, 0.1) is 0 Å². The number of nitrogens with one attached hydrogen (secondary N) is 1. The molecule has 0 aromatic heterocycles. The van der Waals surface area contributed by atoms with E-state index in [4.69, 9.17) is 23.2 Å². The molecule has 0 spiro atoms.